The summed E-state index contributed by atoms with van der Waals surface area (Å²) in [6.07, 6.45) is 13.6. The summed E-state index contributed by atoms with van der Waals surface area (Å²) in [5, 5.41) is 34.0. The van der Waals surface area contributed by atoms with Crippen LogP contribution in [0.3, 0.4) is 0 Å². The molecule has 4 aromatic carbocycles. The van der Waals surface area contributed by atoms with Crippen LogP contribution in [0.25, 0.3) is 0 Å². The van der Waals surface area contributed by atoms with E-state index in [0.29, 0.717) is 89.8 Å². The second kappa shape index (κ2) is 28.9. The number of hydrogen-bond donors (Lipinski definition) is 10. The summed E-state index contributed by atoms with van der Waals surface area (Å²) in [4.78, 5) is 26.7. The second-order valence-electron chi connectivity index (χ2n) is 24.7. The quantitative estimate of drug-likeness (QED) is 0.0254. The highest BCUT2D eigenvalue weighted by Crippen LogP contribution is 2.41. The molecule has 0 amide bonds. The van der Waals surface area contributed by atoms with Crippen molar-refractivity contribution < 1.29 is 30.0 Å². The van der Waals surface area contributed by atoms with Gasteiger partial charge in [0.15, 0.2) is 17.5 Å². The molecule has 0 radical (unpaired) electrons. The van der Waals surface area contributed by atoms with Gasteiger partial charge >= 0.3 is 0 Å². The molecule has 0 unspecified atom stereocenters. The molecule has 96 heavy (non-hydrogen) atoms. The van der Waals surface area contributed by atoms with Crippen molar-refractivity contribution in [3.05, 3.63) is 171 Å². The maximum absolute atomic E-state index is 12.2. The highest BCUT2D eigenvalue weighted by atomic mass is 35.5. The van der Waals surface area contributed by atoms with Crippen LogP contribution in [0.4, 0.5) is 69.7 Å². The second-order valence-corrected chi connectivity index (χ2v) is 31.4. The number of sulfonamides is 3. The average Bonchev–Trinajstić information content (AvgIpc) is 1.38. The zero-order valence-electron chi connectivity index (χ0n) is 54.1. The van der Waals surface area contributed by atoms with Crippen LogP contribution in [-0.2, 0) is 56.1 Å². The Bertz CT molecular complexity index is 4410. The number of halogens is 1. The number of nitrogens with zero attached hydrogens (tertiary/aromatic N) is 9. The van der Waals surface area contributed by atoms with Crippen LogP contribution in [0.1, 0.15) is 126 Å². The predicted molar refractivity (Wildman–Crippen MR) is 374 cm³/mol. The van der Waals surface area contributed by atoms with Crippen molar-refractivity contribution in [2.45, 2.75) is 134 Å². The third-order valence-corrected chi connectivity index (χ3v) is 22.7. The van der Waals surface area contributed by atoms with E-state index in [4.69, 9.17) is 16.3 Å². The summed E-state index contributed by atoms with van der Waals surface area (Å²) in [5.41, 5.74) is 13.6. The highest BCUT2D eigenvalue weighted by molar-refractivity contribution is 7.90. The number of nitrogens with one attached hydrogen (secondary N) is 10. The molecule has 4 saturated carbocycles. The third kappa shape index (κ3) is 17.6. The molecule has 4 aliphatic carbocycles. The molecular weight excluding hydrogens is 1300 g/mol. The van der Waals surface area contributed by atoms with Gasteiger partial charge in [0.25, 0.3) is 0 Å². The molecule has 0 bridgehead atoms. The zero-order chi connectivity index (χ0) is 67.3. The topological polar surface area (TPSA) is 346 Å². The Balaban J connectivity index is 0.000000138. The first kappa shape index (κ1) is 67.2. The summed E-state index contributed by atoms with van der Waals surface area (Å²) in [5.74, 6) is 6.76. The van der Waals surface area contributed by atoms with E-state index >= 15 is 0 Å². The lowest BCUT2D eigenvalue weighted by Gasteiger charge is -2.28. The molecular formula is C66H78ClN19O7S3. The van der Waals surface area contributed by atoms with Crippen molar-refractivity contribution in [2.75, 3.05) is 51.3 Å². The number of H-pyrrole nitrogens is 2. The first-order valence-electron chi connectivity index (χ1n) is 31.9. The molecule has 26 nitrogen and oxygen atoms in total. The number of benzene rings is 4. The lowest BCUT2D eigenvalue weighted by atomic mass is 10.0. The molecule has 0 atom stereocenters. The Hall–Kier alpha value is -8.84. The van der Waals surface area contributed by atoms with Crippen molar-refractivity contribution >= 4 is 111 Å². The fourth-order valence-electron chi connectivity index (χ4n) is 10.7. The first-order valence-corrected chi connectivity index (χ1v) is 37.0. The number of aromatic amines is 2. The van der Waals surface area contributed by atoms with E-state index in [0.717, 1.165) is 110 Å². The summed E-state index contributed by atoms with van der Waals surface area (Å²) in [7, 11) is -7.88. The number of ether oxygens (including phenoxy) is 1. The van der Waals surface area contributed by atoms with E-state index in [1.54, 1.807) is 30.7 Å². The lowest BCUT2D eigenvalue weighted by Crippen LogP contribution is -2.36. The van der Waals surface area contributed by atoms with E-state index in [2.05, 4.69) is 97.7 Å². The molecule has 1 aliphatic heterocycles. The average molecular weight is 1380 g/mol. The predicted octanol–water partition coefficient (Wildman–Crippen LogP) is 11.9. The fraction of sp³-hybridized carbons (Fsp3) is 0.364. The van der Waals surface area contributed by atoms with E-state index < -0.39 is 30.1 Å². The molecule has 9 aromatic rings. The van der Waals surface area contributed by atoms with Crippen LogP contribution in [0.2, 0.25) is 5.02 Å². The van der Waals surface area contributed by atoms with Gasteiger partial charge in [0.1, 0.15) is 22.4 Å². The lowest BCUT2D eigenvalue weighted by molar-refractivity contribution is 0.392. The molecule has 0 spiro atoms. The Morgan fingerprint density at radius 3 is 1.46 bits per heavy atom. The summed E-state index contributed by atoms with van der Waals surface area (Å²) >= 11 is 6.26. The number of rotatable bonds is 25. The molecule has 4 fully saturated rings. The van der Waals surface area contributed by atoms with Crippen LogP contribution < -0.4 is 46.1 Å². The fourth-order valence-corrected chi connectivity index (χ4v) is 14.6. The van der Waals surface area contributed by atoms with Gasteiger partial charge in [-0.15, -0.1) is 0 Å². The smallest absolute Gasteiger partial charge is 0.230 e. The van der Waals surface area contributed by atoms with Crippen molar-refractivity contribution in [2.24, 2.45) is 0 Å². The van der Waals surface area contributed by atoms with Crippen LogP contribution >= 0.6 is 11.6 Å². The van der Waals surface area contributed by atoms with Crippen molar-refractivity contribution in [3.8, 4) is 5.75 Å². The monoisotopic (exact) mass is 1380 g/mol. The van der Waals surface area contributed by atoms with Gasteiger partial charge in [0.05, 0.1) is 29.6 Å². The molecule has 10 N–H and O–H groups in total. The molecule has 5 aromatic heterocycles. The molecule has 6 heterocycles. The van der Waals surface area contributed by atoms with Gasteiger partial charge in [-0.3, -0.25) is 10.2 Å². The Kier molecular flexibility index (Phi) is 20.2. The minimum atomic E-state index is -3.19. The van der Waals surface area contributed by atoms with Gasteiger partial charge in [0, 0.05) is 108 Å². The van der Waals surface area contributed by atoms with E-state index in [-0.39, 0.29) is 22.8 Å². The van der Waals surface area contributed by atoms with Gasteiger partial charge in [0.2, 0.25) is 47.9 Å². The van der Waals surface area contributed by atoms with E-state index in [1.165, 1.54) is 31.9 Å². The van der Waals surface area contributed by atoms with Crippen molar-refractivity contribution in [3.63, 3.8) is 0 Å². The largest absolute Gasteiger partial charge is 0.496 e. The van der Waals surface area contributed by atoms with Crippen LogP contribution in [0.15, 0.2) is 110 Å². The first-order chi connectivity index (χ1) is 46.1. The zero-order valence-corrected chi connectivity index (χ0v) is 57.3. The summed E-state index contributed by atoms with van der Waals surface area (Å²) in [6.45, 7) is 11.1. The maximum Gasteiger partial charge on any atom is 0.230 e. The Morgan fingerprint density at radius 1 is 0.521 bits per heavy atom. The molecule has 0 saturated heterocycles. The Morgan fingerprint density at radius 2 is 0.979 bits per heavy atom. The molecule has 30 heteroatoms. The number of aryl methyl sites for hydroxylation is 4. The van der Waals surface area contributed by atoms with Gasteiger partial charge in [-0.2, -0.15) is 29.5 Å². The van der Waals surface area contributed by atoms with E-state index in [1.807, 2.05) is 113 Å². The summed E-state index contributed by atoms with van der Waals surface area (Å²) in [6, 6.07) is 29.1. The van der Waals surface area contributed by atoms with Gasteiger partial charge in [-0.1, -0.05) is 41.9 Å². The van der Waals surface area contributed by atoms with Crippen molar-refractivity contribution in [1.82, 2.24) is 64.0 Å². The standard InChI is InChI=1S/C25H31N5O3S.C21H25N7O2S.C20H22ClN7O2S/c1-6-34(31,32)30-10-9-19-13-21(8-7-20(19)15-30)27-24-18(4)14-26-25(29-24)28-22-11-16(2)23(33-5)17(3)12-22;1-13-11-22-21(25-19-10-18(27-28-19)15-4-5-15)26-20(13)24-16-6-2-14(3-7-16)12-23-31(29,30)17-8-9-17;21-16-11-22-20(25-18-9-17(27-28-18)13-3-4-13)26-19(16)24-14-5-1-12(2-6-14)10-23-31(29,30)15-7-8-15/h7-8,11-14H,6,9-10,15H2,1-5H3,(H2,26,27,28,29);2-3,6-7,10-11,15,17,23H,4-5,8-9,12H2,1H3,(H3,22,24,25,26,27,28);1-2,5-6,9,11,13,15,23H,3-4,7-8,10H2,(H3,22,24,25,26,27,28). The SMILES string of the molecule is CCS(=O)(=O)N1CCc2cc(Nc3nc(Nc4cc(C)c(OC)c(C)c4)ncc3C)ccc2C1.Cc1cnc(Nc2cc(C3CC3)[nH]n2)nc1Nc1ccc(CNS(=O)(=O)C2CC2)cc1.O=S(=O)(NCc1ccc(Nc2nc(Nc3cc(C4CC4)[nH]n3)ncc2Cl)cc1)C1CC1. The third-order valence-electron chi connectivity index (χ3n) is 16.8. The minimum absolute atomic E-state index is 0.126. The number of aromatic nitrogens is 10. The van der Waals surface area contributed by atoms with Crippen LogP contribution in [0.5, 0.6) is 5.75 Å². The molecule has 14 rings (SSSR count). The maximum atomic E-state index is 12.2. The number of hydrogen-bond acceptors (Lipinski definition) is 21. The van der Waals surface area contributed by atoms with Crippen LogP contribution in [0, 0.1) is 27.7 Å². The molecule has 5 aliphatic rings. The van der Waals surface area contributed by atoms with Gasteiger partial charge in [-0.05, 0) is 174 Å². The van der Waals surface area contributed by atoms with Crippen molar-refractivity contribution in [1.29, 1.82) is 0 Å². The van der Waals surface area contributed by atoms with E-state index in [9.17, 15) is 25.3 Å². The minimum Gasteiger partial charge on any atom is -0.496 e. The van der Waals surface area contributed by atoms with Gasteiger partial charge in [-0.25, -0.2) is 49.6 Å². The van der Waals surface area contributed by atoms with Crippen LogP contribution in [-0.4, -0.2) is 110 Å². The number of anilines is 12. The molecule has 504 valence electrons. The Labute approximate surface area is 564 Å². The number of fused-ring (bicyclic) bond motifs is 1. The summed E-state index contributed by atoms with van der Waals surface area (Å²) < 4.78 is 84.6. The highest BCUT2D eigenvalue weighted by Gasteiger charge is 2.36. The normalized spacial score (nSPS) is 15.4. The number of methoxy groups -OCH3 is 1. The van der Waals surface area contributed by atoms with Gasteiger partial charge < -0.3 is 36.6 Å².